The number of rotatable bonds is 10. The van der Waals surface area contributed by atoms with Gasteiger partial charge < -0.3 is 0 Å². The van der Waals surface area contributed by atoms with Crippen molar-refractivity contribution in [3.63, 3.8) is 0 Å². The number of hydrogen-bond donors (Lipinski definition) is 0. The molecule has 0 aromatic rings. The predicted molar refractivity (Wildman–Crippen MR) is 99.5 cm³/mol. The first-order valence-electron chi connectivity index (χ1n) is 9.60. The molecule has 2 unspecified atom stereocenters. The summed E-state index contributed by atoms with van der Waals surface area (Å²) in [4.78, 5) is 0. The van der Waals surface area contributed by atoms with E-state index in [-0.39, 0.29) is 0 Å². The van der Waals surface area contributed by atoms with E-state index in [1.165, 1.54) is 51.4 Å². The Labute approximate surface area is 155 Å². The van der Waals surface area contributed by atoms with Gasteiger partial charge in [-0.2, -0.15) is 0 Å². The Bertz CT molecular complexity index is 462. The van der Waals surface area contributed by atoms with Crippen LogP contribution in [0.2, 0.25) is 6.34 Å². The van der Waals surface area contributed by atoms with Crippen molar-refractivity contribution >= 4 is 0 Å². The minimum absolute atomic E-state index is 0.427. The molecule has 0 nitrogen and oxygen atoms in total. The average molecular weight is 477 g/mol. The van der Waals surface area contributed by atoms with E-state index in [4.69, 9.17) is 0 Å². The summed E-state index contributed by atoms with van der Waals surface area (Å²) < 4.78 is 0.853. The molecule has 2 atom stereocenters. The summed E-state index contributed by atoms with van der Waals surface area (Å²) in [6.07, 6.45) is 25.8. The summed E-state index contributed by atoms with van der Waals surface area (Å²) in [5, 5.41) is 0. The van der Waals surface area contributed by atoms with Crippen molar-refractivity contribution in [2.24, 2.45) is 0 Å². The van der Waals surface area contributed by atoms with E-state index in [1.807, 2.05) is 0 Å². The topological polar surface area (TPSA) is 0 Å². The van der Waals surface area contributed by atoms with E-state index < -0.39 is 22.9 Å². The van der Waals surface area contributed by atoms with E-state index >= 15 is 0 Å². The summed E-state index contributed by atoms with van der Waals surface area (Å²) in [7, 11) is 0. The zero-order valence-corrected chi connectivity index (χ0v) is 19.2. The first kappa shape index (κ1) is 19.2. The van der Waals surface area contributed by atoms with Crippen molar-refractivity contribution in [3.05, 3.63) is 47.6 Å². The SMILES string of the molecule is CCCCCC1=C[C](C)([Hf][C]2(C)C=CC(CCCCC)=C2)C=C1. The van der Waals surface area contributed by atoms with Gasteiger partial charge in [-0.25, -0.2) is 0 Å². The van der Waals surface area contributed by atoms with E-state index in [9.17, 15) is 0 Å². The van der Waals surface area contributed by atoms with Crippen molar-refractivity contribution < 1.29 is 22.9 Å². The second-order valence-electron chi connectivity index (χ2n) is 7.71. The molecule has 2 aliphatic rings. The van der Waals surface area contributed by atoms with Crippen LogP contribution < -0.4 is 0 Å². The van der Waals surface area contributed by atoms with E-state index in [0.29, 0.717) is 6.34 Å². The third kappa shape index (κ3) is 6.00. The fraction of sp³-hybridized carbons (Fsp3) is 0.636. The summed E-state index contributed by atoms with van der Waals surface area (Å²) in [6, 6.07) is 0. The molecule has 0 aliphatic heterocycles. The fourth-order valence-electron chi connectivity index (χ4n) is 3.73. The van der Waals surface area contributed by atoms with E-state index in [2.05, 4.69) is 64.2 Å². The second-order valence-corrected chi connectivity index (χ2v) is 16.3. The quantitative estimate of drug-likeness (QED) is 0.225. The van der Waals surface area contributed by atoms with Gasteiger partial charge in [0.15, 0.2) is 0 Å². The van der Waals surface area contributed by atoms with Gasteiger partial charge in [0.2, 0.25) is 0 Å². The van der Waals surface area contributed by atoms with Gasteiger partial charge >= 0.3 is 156 Å². The molecule has 0 heterocycles. The van der Waals surface area contributed by atoms with Gasteiger partial charge in [-0.3, -0.25) is 0 Å². The number of allylic oxidation sites excluding steroid dienone is 8. The number of hydrogen-bond acceptors (Lipinski definition) is 0. The molecule has 0 amide bonds. The summed E-state index contributed by atoms with van der Waals surface area (Å²) in [6.45, 7) is 9.55. The van der Waals surface area contributed by atoms with Crippen LogP contribution in [-0.4, -0.2) is 0 Å². The van der Waals surface area contributed by atoms with Crippen LogP contribution in [0.1, 0.15) is 79.1 Å². The molecule has 0 aromatic carbocycles. The van der Waals surface area contributed by atoms with Gasteiger partial charge in [-0.05, 0) is 0 Å². The normalized spacial score (nSPS) is 29.0. The van der Waals surface area contributed by atoms with Gasteiger partial charge in [-0.1, -0.05) is 0 Å². The van der Waals surface area contributed by atoms with Crippen LogP contribution in [-0.2, 0) is 22.9 Å². The Morgan fingerprint density at radius 2 is 1.17 bits per heavy atom. The van der Waals surface area contributed by atoms with Crippen LogP contribution in [0.5, 0.6) is 0 Å². The van der Waals surface area contributed by atoms with Crippen LogP contribution in [0.15, 0.2) is 47.6 Å². The number of unbranched alkanes of at least 4 members (excludes halogenated alkanes) is 4. The Balaban J connectivity index is 1.91. The van der Waals surface area contributed by atoms with Gasteiger partial charge in [0, 0.05) is 0 Å². The summed E-state index contributed by atoms with van der Waals surface area (Å²) in [5.41, 5.74) is 3.21. The maximum absolute atomic E-state index is 2.62. The predicted octanol–water partition coefficient (Wildman–Crippen LogP) is 7.58. The zero-order chi connectivity index (χ0) is 16.8. The molecule has 2 aliphatic carbocycles. The zero-order valence-electron chi connectivity index (χ0n) is 15.6. The van der Waals surface area contributed by atoms with Crippen LogP contribution in [0.25, 0.3) is 0 Å². The molecule has 0 saturated heterocycles. The minimum atomic E-state index is -0.864. The van der Waals surface area contributed by atoms with Gasteiger partial charge in [0.1, 0.15) is 0 Å². The Morgan fingerprint density at radius 3 is 1.57 bits per heavy atom. The van der Waals surface area contributed by atoms with Crippen molar-refractivity contribution in [2.75, 3.05) is 0 Å². The first-order chi connectivity index (χ1) is 11.0. The molecular formula is C22H34Hf. The van der Waals surface area contributed by atoms with Gasteiger partial charge in [-0.15, -0.1) is 0 Å². The van der Waals surface area contributed by atoms with Crippen LogP contribution >= 0.6 is 0 Å². The Hall–Kier alpha value is -0.170. The fourth-order valence-corrected chi connectivity index (χ4v) is 10.9. The van der Waals surface area contributed by atoms with Gasteiger partial charge in [0.25, 0.3) is 0 Å². The van der Waals surface area contributed by atoms with Crippen molar-refractivity contribution in [1.29, 1.82) is 0 Å². The molecule has 2 rings (SSSR count). The molecule has 0 fully saturated rings. The van der Waals surface area contributed by atoms with Gasteiger partial charge in [0.05, 0.1) is 0 Å². The molecule has 1 heteroatoms. The van der Waals surface area contributed by atoms with E-state index in [0.717, 1.165) is 0 Å². The van der Waals surface area contributed by atoms with Crippen molar-refractivity contribution in [3.8, 4) is 0 Å². The third-order valence-electron chi connectivity index (χ3n) is 4.93. The van der Waals surface area contributed by atoms with Crippen LogP contribution in [0.3, 0.4) is 0 Å². The maximum atomic E-state index is 2.62. The van der Waals surface area contributed by atoms with Crippen molar-refractivity contribution in [2.45, 2.75) is 85.4 Å². The van der Waals surface area contributed by atoms with Crippen molar-refractivity contribution in [1.82, 2.24) is 0 Å². The molecule has 126 valence electrons. The molecule has 0 bridgehead atoms. The molecule has 0 spiro atoms. The van der Waals surface area contributed by atoms with E-state index in [1.54, 1.807) is 11.1 Å². The standard InChI is InChI=1S/2C11H17.Hf/c2*1-3-4-5-6-11-8-7-10(2)9-11;/h2*7-9H,3-6H2,1-2H3;. The summed E-state index contributed by atoms with van der Waals surface area (Å²) in [5.74, 6) is 0. The molecule has 0 aromatic heterocycles. The first-order valence-corrected chi connectivity index (χ1v) is 13.2. The summed E-state index contributed by atoms with van der Waals surface area (Å²) >= 11 is -0.864. The molecule has 0 radical (unpaired) electrons. The molecule has 23 heavy (non-hydrogen) atoms. The molecule has 0 saturated carbocycles. The second kappa shape index (κ2) is 8.79. The Morgan fingerprint density at radius 1 is 0.739 bits per heavy atom. The molecule has 0 N–H and O–H groups in total. The monoisotopic (exact) mass is 478 g/mol. The third-order valence-corrected chi connectivity index (χ3v) is 11.0. The van der Waals surface area contributed by atoms with Crippen LogP contribution in [0, 0.1) is 0 Å². The Kier molecular flexibility index (Phi) is 7.32. The molecular weight excluding hydrogens is 443 g/mol. The van der Waals surface area contributed by atoms with Crippen LogP contribution in [0.4, 0.5) is 0 Å². The average Bonchev–Trinajstić information content (AvgIpc) is 3.03.